The van der Waals surface area contributed by atoms with E-state index < -0.39 is 6.04 Å². The molecule has 2 amide bonds. The van der Waals surface area contributed by atoms with E-state index in [1.54, 1.807) is 23.0 Å². The average molecular weight is 347 g/mol. The molecule has 1 aliphatic heterocycles. The molecule has 0 aromatic heterocycles. The number of nitrogens with zero attached hydrogens (tertiary/aromatic N) is 2. The number of benzene rings is 1. The molecule has 2 rings (SSSR count). The minimum atomic E-state index is -0.464. The summed E-state index contributed by atoms with van der Waals surface area (Å²) in [7, 11) is 1.60. The molecule has 25 heavy (non-hydrogen) atoms. The van der Waals surface area contributed by atoms with Gasteiger partial charge in [0.05, 0.1) is 13.2 Å². The van der Waals surface area contributed by atoms with Gasteiger partial charge in [0.25, 0.3) is 5.91 Å². The second kappa shape index (κ2) is 8.34. The first kappa shape index (κ1) is 19.2. The van der Waals surface area contributed by atoms with Gasteiger partial charge in [0.15, 0.2) is 0 Å². The lowest BCUT2D eigenvalue weighted by Gasteiger charge is -2.36. The van der Waals surface area contributed by atoms with Gasteiger partial charge in [0, 0.05) is 31.7 Å². The molecule has 6 nitrogen and oxygen atoms in total. The van der Waals surface area contributed by atoms with Crippen LogP contribution in [0.25, 0.3) is 0 Å². The van der Waals surface area contributed by atoms with Crippen LogP contribution in [0.1, 0.15) is 36.2 Å². The highest BCUT2D eigenvalue weighted by Gasteiger charge is 2.29. The van der Waals surface area contributed by atoms with E-state index in [0.29, 0.717) is 37.5 Å². The predicted octanol–water partition coefficient (Wildman–Crippen LogP) is 1.66. The van der Waals surface area contributed by atoms with Crippen molar-refractivity contribution in [1.29, 1.82) is 0 Å². The second-order valence-electron chi connectivity index (χ2n) is 6.71. The van der Waals surface area contributed by atoms with Crippen molar-refractivity contribution in [2.75, 3.05) is 33.3 Å². The van der Waals surface area contributed by atoms with Crippen LogP contribution in [-0.2, 0) is 4.79 Å². The molecule has 138 valence electrons. The highest BCUT2D eigenvalue weighted by atomic mass is 16.5. The summed E-state index contributed by atoms with van der Waals surface area (Å²) in [4.78, 5) is 28.7. The fourth-order valence-electron chi connectivity index (χ4n) is 2.97. The topological polar surface area (TPSA) is 75.9 Å². The Balaban J connectivity index is 1.97. The second-order valence-corrected chi connectivity index (χ2v) is 6.71. The molecule has 2 atom stereocenters. The first-order valence-corrected chi connectivity index (χ1v) is 8.87. The molecule has 0 radical (unpaired) electrons. The predicted molar refractivity (Wildman–Crippen MR) is 97.6 cm³/mol. The van der Waals surface area contributed by atoms with Gasteiger partial charge >= 0.3 is 0 Å². The van der Waals surface area contributed by atoms with Crippen LogP contribution in [0.3, 0.4) is 0 Å². The van der Waals surface area contributed by atoms with Crippen LogP contribution in [-0.4, -0.2) is 60.9 Å². The van der Waals surface area contributed by atoms with Crippen molar-refractivity contribution in [3.63, 3.8) is 0 Å². The largest absolute Gasteiger partial charge is 0.496 e. The summed E-state index contributed by atoms with van der Waals surface area (Å²) in [5.41, 5.74) is 7.65. The third kappa shape index (κ3) is 4.31. The Labute approximate surface area is 149 Å². The Morgan fingerprint density at radius 2 is 1.80 bits per heavy atom. The van der Waals surface area contributed by atoms with Crippen LogP contribution in [0, 0.1) is 12.8 Å². The van der Waals surface area contributed by atoms with Crippen molar-refractivity contribution in [1.82, 2.24) is 9.80 Å². The zero-order valence-electron chi connectivity index (χ0n) is 15.6. The zero-order valence-corrected chi connectivity index (χ0v) is 15.6. The van der Waals surface area contributed by atoms with Crippen LogP contribution in [0.5, 0.6) is 5.75 Å². The minimum absolute atomic E-state index is 0.0153. The molecule has 1 aromatic carbocycles. The lowest BCUT2D eigenvalue weighted by Crippen LogP contribution is -2.55. The minimum Gasteiger partial charge on any atom is -0.496 e. The van der Waals surface area contributed by atoms with Crippen molar-refractivity contribution in [3.05, 3.63) is 29.3 Å². The Morgan fingerprint density at radius 3 is 2.36 bits per heavy atom. The van der Waals surface area contributed by atoms with Gasteiger partial charge in [-0.2, -0.15) is 0 Å². The van der Waals surface area contributed by atoms with Gasteiger partial charge in [0.2, 0.25) is 5.91 Å². The van der Waals surface area contributed by atoms with Gasteiger partial charge in [0.1, 0.15) is 5.75 Å². The number of rotatable bonds is 5. The molecule has 1 fully saturated rings. The molecule has 2 N–H and O–H groups in total. The quantitative estimate of drug-likeness (QED) is 0.879. The summed E-state index contributed by atoms with van der Waals surface area (Å²) in [6, 6.07) is 5.01. The molecule has 0 bridgehead atoms. The molecule has 0 aliphatic carbocycles. The van der Waals surface area contributed by atoms with E-state index >= 15 is 0 Å². The molecule has 0 saturated carbocycles. The van der Waals surface area contributed by atoms with Gasteiger partial charge in [-0.1, -0.05) is 26.3 Å². The molecule has 1 saturated heterocycles. The number of carbonyl (C=O) groups is 2. The van der Waals surface area contributed by atoms with Crippen molar-refractivity contribution >= 4 is 11.8 Å². The Hall–Kier alpha value is -2.08. The summed E-state index contributed by atoms with van der Waals surface area (Å²) in [6.07, 6.45) is 0.876. The molecule has 1 aromatic rings. The van der Waals surface area contributed by atoms with Crippen LogP contribution in [0.4, 0.5) is 0 Å². The summed E-state index contributed by atoms with van der Waals surface area (Å²) < 4.78 is 5.29. The number of aryl methyl sites for hydroxylation is 1. The summed E-state index contributed by atoms with van der Waals surface area (Å²) in [5, 5.41) is 0. The zero-order chi connectivity index (χ0) is 18.6. The van der Waals surface area contributed by atoms with E-state index in [-0.39, 0.29) is 17.7 Å². The van der Waals surface area contributed by atoms with Gasteiger partial charge in [-0.25, -0.2) is 0 Å². The highest BCUT2D eigenvalue weighted by Crippen LogP contribution is 2.20. The molecular weight excluding hydrogens is 318 g/mol. The number of piperazine rings is 1. The molecular formula is C19H29N3O3. The van der Waals surface area contributed by atoms with E-state index in [1.807, 2.05) is 32.9 Å². The summed E-state index contributed by atoms with van der Waals surface area (Å²) in [5.74, 6) is 0.821. The van der Waals surface area contributed by atoms with Crippen LogP contribution >= 0.6 is 0 Å². The first-order valence-electron chi connectivity index (χ1n) is 8.87. The van der Waals surface area contributed by atoms with Gasteiger partial charge in [-0.05, 0) is 30.5 Å². The lowest BCUT2D eigenvalue weighted by atomic mass is 9.98. The smallest absolute Gasteiger partial charge is 0.254 e. The highest BCUT2D eigenvalue weighted by molar-refractivity contribution is 5.95. The van der Waals surface area contributed by atoms with E-state index in [2.05, 4.69) is 0 Å². The maximum Gasteiger partial charge on any atom is 0.254 e. The maximum atomic E-state index is 12.7. The third-order valence-electron chi connectivity index (χ3n) is 5.08. The van der Waals surface area contributed by atoms with Crippen molar-refractivity contribution in [3.8, 4) is 5.75 Å². The monoisotopic (exact) mass is 347 g/mol. The number of ether oxygens (including phenoxy) is 1. The fourth-order valence-corrected chi connectivity index (χ4v) is 2.97. The number of amides is 2. The lowest BCUT2D eigenvalue weighted by molar-refractivity contribution is -0.135. The van der Waals surface area contributed by atoms with E-state index in [4.69, 9.17) is 10.5 Å². The molecule has 0 spiro atoms. The van der Waals surface area contributed by atoms with E-state index in [1.165, 1.54) is 0 Å². The van der Waals surface area contributed by atoms with E-state index in [9.17, 15) is 9.59 Å². The van der Waals surface area contributed by atoms with Crippen molar-refractivity contribution in [2.24, 2.45) is 11.7 Å². The molecule has 1 aliphatic rings. The summed E-state index contributed by atoms with van der Waals surface area (Å²) in [6.45, 7) is 8.06. The molecule has 1 heterocycles. The van der Waals surface area contributed by atoms with Crippen LogP contribution in [0.2, 0.25) is 0 Å². The first-order chi connectivity index (χ1) is 11.9. The van der Waals surface area contributed by atoms with E-state index in [0.717, 1.165) is 12.0 Å². The Morgan fingerprint density at radius 1 is 1.20 bits per heavy atom. The average Bonchev–Trinajstić information content (AvgIpc) is 2.66. The standard InChI is InChI=1S/C19H29N3O3/c1-5-13(2)17(20)19(24)22-10-8-21(9-11-22)18(23)15-7-6-14(3)16(12-15)25-4/h6-7,12-13,17H,5,8-11,20H2,1-4H3. The van der Waals surface area contributed by atoms with Gasteiger partial charge in [-0.15, -0.1) is 0 Å². The van der Waals surface area contributed by atoms with Gasteiger partial charge in [-0.3, -0.25) is 9.59 Å². The van der Waals surface area contributed by atoms with Crippen LogP contribution in [0.15, 0.2) is 18.2 Å². The van der Waals surface area contributed by atoms with Crippen molar-refractivity contribution in [2.45, 2.75) is 33.2 Å². The van der Waals surface area contributed by atoms with Crippen molar-refractivity contribution < 1.29 is 14.3 Å². The Bertz CT molecular complexity index is 624. The number of methoxy groups -OCH3 is 1. The van der Waals surface area contributed by atoms with Crippen LogP contribution < -0.4 is 10.5 Å². The maximum absolute atomic E-state index is 12.7. The fraction of sp³-hybridized carbons (Fsp3) is 0.579. The SMILES string of the molecule is CCC(C)C(N)C(=O)N1CCN(C(=O)c2ccc(C)c(OC)c2)CC1. The summed E-state index contributed by atoms with van der Waals surface area (Å²) >= 11 is 0. The molecule has 2 unspecified atom stereocenters. The number of nitrogens with two attached hydrogens (primary N) is 1. The Kier molecular flexibility index (Phi) is 6.42. The number of hydrogen-bond acceptors (Lipinski definition) is 4. The normalized spacial score (nSPS) is 17.2. The molecule has 6 heteroatoms. The van der Waals surface area contributed by atoms with Gasteiger partial charge < -0.3 is 20.3 Å². The number of carbonyl (C=O) groups excluding carboxylic acids is 2. The third-order valence-corrected chi connectivity index (χ3v) is 5.08. The number of hydrogen-bond donors (Lipinski definition) is 1.